The molecule has 0 saturated heterocycles. The molecule has 0 aliphatic carbocycles. The van der Waals surface area contributed by atoms with Crippen LogP contribution in [0.15, 0.2) is 57.2 Å². The number of fused-ring (bicyclic) bond motifs is 2. The fourth-order valence-electron chi connectivity index (χ4n) is 3.77. The summed E-state index contributed by atoms with van der Waals surface area (Å²) < 4.78 is 33.3. The predicted molar refractivity (Wildman–Crippen MR) is 133 cm³/mol. The Morgan fingerprint density at radius 3 is 2.56 bits per heavy atom. The second-order valence-corrected chi connectivity index (χ2v) is 10.7. The third kappa shape index (κ3) is 4.33. The molecule has 0 spiro atoms. The van der Waals surface area contributed by atoms with Gasteiger partial charge in [0, 0.05) is 24.6 Å². The molecule has 4 nitrogen and oxygen atoms in total. The Kier molecular flexibility index (Phi) is 7.00. The molecule has 0 fully saturated rings. The fraction of sp³-hybridized carbons (Fsp3) is 0.167. The monoisotopic (exact) mass is 535 g/mol. The van der Waals surface area contributed by atoms with Crippen LogP contribution in [0.2, 0.25) is 0 Å². The number of aromatic nitrogens is 2. The highest BCUT2D eigenvalue weighted by atomic mass is 35.5. The van der Waals surface area contributed by atoms with Crippen LogP contribution in [0.5, 0.6) is 0 Å². The number of benzene rings is 2. The van der Waals surface area contributed by atoms with E-state index in [0.29, 0.717) is 11.1 Å². The van der Waals surface area contributed by atoms with Gasteiger partial charge in [0.05, 0.1) is 21.3 Å². The Morgan fingerprint density at radius 2 is 1.79 bits per heavy atom. The molecule has 2 aromatic heterocycles. The number of allylic oxidation sites excluding steroid dienone is 1. The van der Waals surface area contributed by atoms with Crippen LogP contribution in [-0.4, -0.2) is 11.6 Å². The van der Waals surface area contributed by atoms with Crippen LogP contribution in [0.25, 0.3) is 22.4 Å². The lowest BCUT2D eigenvalue weighted by molar-refractivity contribution is -0.642. The average Bonchev–Trinajstić information content (AvgIpc) is 3.38. The predicted octanol–water partition coefficient (Wildman–Crippen LogP) is 0.944. The van der Waals surface area contributed by atoms with Gasteiger partial charge in [0.1, 0.15) is 28.0 Å². The summed E-state index contributed by atoms with van der Waals surface area (Å²) in [7, 11) is 3.83. The number of thioether (sulfide) groups is 1. The molecule has 176 valence electrons. The van der Waals surface area contributed by atoms with Crippen LogP contribution in [0, 0.1) is 11.6 Å². The Hall–Kier alpha value is -2.46. The lowest BCUT2D eigenvalue weighted by atomic mass is 10.3. The van der Waals surface area contributed by atoms with Crippen LogP contribution in [0.4, 0.5) is 14.5 Å². The van der Waals surface area contributed by atoms with Crippen molar-refractivity contribution >= 4 is 62.5 Å². The lowest BCUT2D eigenvalue weighted by Gasteiger charge is -2.12. The molecule has 5 rings (SSSR count). The number of hydrogen-bond acceptors (Lipinski definition) is 5. The van der Waals surface area contributed by atoms with Crippen LogP contribution in [0.1, 0.15) is 11.9 Å². The summed E-state index contributed by atoms with van der Waals surface area (Å²) in [5.41, 5.74) is 1.72. The Balaban J connectivity index is 0.00000274. The van der Waals surface area contributed by atoms with E-state index in [1.165, 1.54) is 46.9 Å². The molecule has 0 atom stereocenters. The van der Waals surface area contributed by atoms with E-state index in [-0.39, 0.29) is 29.6 Å². The number of aryl methyl sites for hydroxylation is 1. The molecule has 0 unspecified atom stereocenters. The summed E-state index contributed by atoms with van der Waals surface area (Å²) in [5.74, 6) is -0.533. The van der Waals surface area contributed by atoms with E-state index in [0.717, 1.165) is 35.5 Å². The second kappa shape index (κ2) is 9.65. The molecule has 2 aromatic carbocycles. The van der Waals surface area contributed by atoms with Crippen LogP contribution < -0.4 is 36.6 Å². The maximum absolute atomic E-state index is 13.6. The topological polar surface area (TPSA) is 29.1 Å². The quantitative estimate of drug-likeness (QED) is 0.366. The standard InChI is InChI=1S/C24H20F2N3OS3.ClH/c1-4-29-23(13-22-27(2)16-7-5-15(26)12-20(16)33-22)32-19(24(29)30)9-10-21-28(3)17-11-14(25)6-8-18(17)31-21;/h5-13H,4H2,1-3H3;1H/q+1;/p-1/b19-9-,21-10-;. The molecule has 1 aliphatic rings. The fourth-order valence-corrected chi connectivity index (χ4v) is 7.04. The average molecular weight is 536 g/mol. The van der Waals surface area contributed by atoms with Gasteiger partial charge in [0.25, 0.3) is 10.6 Å². The molecule has 4 aromatic rings. The first-order chi connectivity index (χ1) is 15.9. The van der Waals surface area contributed by atoms with Crippen molar-refractivity contribution in [1.82, 2.24) is 4.57 Å². The van der Waals surface area contributed by atoms with Gasteiger partial charge < -0.3 is 17.3 Å². The zero-order valence-corrected chi connectivity index (χ0v) is 21.7. The molecule has 0 radical (unpaired) electrons. The van der Waals surface area contributed by atoms with Gasteiger partial charge in [0.15, 0.2) is 0 Å². The number of rotatable bonds is 3. The minimum Gasteiger partial charge on any atom is -1.00 e. The molecule has 34 heavy (non-hydrogen) atoms. The first-order valence-electron chi connectivity index (χ1n) is 10.3. The molecular formula is C24H20ClF2N3OS3. The summed E-state index contributed by atoms with van der Waals surface area (Å²) in [6.07, 6.45) is 5.72. The van der Waals surface area contributed by atoms with Gasteiger partial charge in [-0.15, -0.1) is 11.3 Å². The summed E-state index contributed by atoms with van der Waals surface area (Å²) in [5, 5.41) is 1.86. The van der Waals surface area contributed by atoms with E-state index in [1.54, 1.807) is 28.5 Å². The van der Waals surface area contributed by atoms with Gasteiger partial charge in [0.2, 0.25) is 5.52 Å². The van der Waals surface area contributed by atoms with E-state index in [1.807, 2.05) is 48.7 Å². The van der Waals surface area contributed by atoms with E-state index >= 15 is 0 Å². The Morgan fingerprint density at radius 1 is 1.06 bits per heavy atom. The summed E-state index contributed by atoms with van der Waals surface area (Å²) in [4.78, 5) is 15.9. The second-order valence-electron chi connectivity index (χ2n) is 7.55. The van der Waals surface area contributed by atoms with Gasteiger partial charge >= 0.3 is 0 Å². The summed E-state index contributed by atoms with van der Waals surface area (Å²) in [6, 6.07) is 9.50. The van der Waals surface area contributed by atoms with Crippen molar-refractivity contribution < 1.29 is 25.8 Å². The summed E-state index contributed by atoms with van der Waals surface area (Å²) in [6.45, 7) is 2.49. The van der Waals surface area contributed by atoms with Crippen LogP contribution in [-0.2, 0) is 13.6 Å². The van der Waals surface area contributed by atoms with E-state index in [9.17, 15) is 13.6 Å². The minimum atomic E-state index is -0.271. The molecular weight excluding hydrogens is 516 g/mol. The minimum absolute atomic E-state index is 0. The Bertz CT molecular complexity index is 1620. The molecule has 10 heteroatoms. The maximum Gasteiger partial charge on any atom is 0.269 e. The zero-order chi connectivity index (χ0) is 23.3. The van der Waals surface area contributed by atoms with Gasteiger partial charge in [-0.05, 0) is 49.4 Å². The van der Waals surface area contributed by atoms with Gasteiger partial charge in [-0.2, -0.15) is 4.57 Å². The van der Waals surface area contributed by atoms with Gasteiger partial charge in [-0.25, -0.2) is 8.78 Å². The number of nitrogens with zero attached hydrogens (tertiary/aromatic N) is 3. The Labute approximate surface area is 213 Å². The molecule has 0 bridgehead atoms. The number of hydrogen-bond donors (Lipinski definition) is 0. The van der Waals surface area contributed by atoms with Gasteiger partial charge in [-0.1, -0.05) is 23.1 Å². The molecule has 3 heterocycles. The van der Waals surface area contributed by atoms with Crippen molar-refractivity contribution in [2.75, 3.05) is 11.9 Å². The van der Waals surface area contributed by atoms with Crippen molar-refractivity contribution in [3.05, 3.63) is 83.7 Å². The van der Waals surface area contributed by atoms with Crippen molar-refractivity contribution in [2.45, 2.75) is 18.4 Å². The highest BCUT2D eigenvalue weighted by Gasteiger charge is 2.22. The van der Waals surface area contributed by atoms with Crippen molar-refractivity contribution in [2.24, 2.45) is 7.05 Å². The third-order valence-corrected chi connectivity index (χ3v) is 8.94. The largest absolute Gasteiger partial charge is 1.00 e. The summed E-state index contributed by atoms with van der Waals surface area (Å²) >= 11 is 4.46. The third-order valence-electron chi connectivity index (χ3n) is 5.53. The molecule has 0 N–H and O–H groups in total. The van der Waals surface area contributed by atoms with E-state index < -0.39 is 0 Å². The highest BCUT2D eigenvalue weighted by Crippen LogP contribution is 2.45. The lowest BCUT2D eigenvalue weighted by Crippen LogP contribution is -3.00. The van der Waals surface area contributed by atoms with Crippen LogP contribution >= 0.6 is 34.4 Å². The molecule has 1 aliphatic heterocycles. The van der Waals surface area contributed by atoms with E-state index in [2.05, 4.69) is 0 Å². The first kappa shape index (κ1) is 24.7. The van der Waals surface area contributed by atoms with E-state index in [4.69, 9.17) is 0 Å². The van der Waals surface area contributed by atoms with Crippen molar-refractivity contribution in [1.29, 1.82) is 0 Å². The molecule has 0 saturated carbocycles. The number of anilines is 1. The normalized spacial score (nSPS) is 15.4. The van der Waals surface area contributed by atoms with Gasteiger partial charge in [-0.3, -0.25) is 9.36 Å². The van der Waals surface area contributed by atoms with Crippen molar-refractivity contribution in [3.8, 4) is 0 Å². The first-order valence-corrected chi connectivity index (χ1v) is 12.7. The zero-order valence-electron chi connectivity index (χ0n) is 18.5. The number of thiazole rings is 2. The SMILES string of the molecule is CCn1c(=O)/c(=C/C=C2\Sc3ccc(F)cc3N2C)s/c1=C\c1sc2cc(F)ccc2[n+]1C.[Cl-]. The maximum atomic E-state index is 13.6. The molecule has 0 amide bonds. The van der Waals surface area contributed by atoms with Crippen LogP contribution in [0.3, 0.4) is 0 Å². The van der Waals surface area contributed by atoms with Crippen molar-refractivity contribution in [3.63, 3.8) is 0 Å². The smallest absolute Gasteiger partial charge is 0.269 e. The highest BCUT2D eigenvalue weighted by molar-refractivity contribution is 8.03. The number of halogens is 3.